The van der Waals surface area contributed by atoms with Gasteiger partial charge in [0.1, 0.15) is 0 Å². The summed E-state index contributed by atoms with van der Waals surface area (Å²) in [4.78, 5) is 15.5. The number of urea groups is 1. The van der Waals surface area contributed by atoms with Gasteiger partial charge in [0, 0.05) is 16.7 Å². The van der Waals surface area contributed by atoms with Gasteiger partial charge in [-0.2, -0.15) is 0 Å². The first-order valence-electron chi connectivity index (χ1n) is 6.74. The van der Waals surface area contributed by atoms with Crippen molar-refractivity contribution in [1.82, 2.24) is 0 Å². The molecule has 21 heavy (non-hydrogen) atoms. The van der Waals surface area contributed by atoms with Crippen LogP contribution in [0.1, 0.15) is 6.92 Å². The molecule has 1 atom stereocenters. The number of hydrogen-bond donors (Lipinski definition) is 1. The van der Waals surface area contributed by atoms with Gasteiger partial charge in [0.2, 0.25) is 0 Å². The van der Waals surface area contributed by atoms with Crippen LogP contribution in [-0.2, 0) is 0 Å². The predicted octanol–water partition coefficient (Wildman–Crippen LogP) is 4.87. The standard InChI is InChI=1S/C16H15ClN2OS/c1-11-10-19(14-8-4-5-9-15(14)21-11)16(20)18-13-7-3-2-6-12(13)17/h2-9,11H,10H2,1H3,(H,18,20)/t11-/m0/s1. The van der Waals surface area contributed by atoms with Gasteiger partial charge in [-0.1, -0.05) is 42.8 Å². The highest BCUT2D eigenvalue weighted by atomic mass is 35.5. The number of amides is 2. The quantitative estimate of drug-likeness (QED) is 0.813. The maximum atomic E-state index is 12.6. The first-order chi connectivity index (χ1) is 10.1. The molecule has 1 aliphatic heterocycles. The summed E-state index contributed by atoms with van der Waals surface area (Å²) in [5.74, 6) is 0. The fraction of sp³-hybridized carbons (Fsp3) is 0.188. The molecule has 0 radical (unpaired) electrons. The Balaban J connectivity index is 1.87. The molecule has 0 spiro atoms. The zero-order chi connectivity index (χ0) is 14.8. The minimum Gasteiger partial charge on any atom is -0.306 e. The largest absolute Gasteiger partial charge is 0.326 e. The molecule has 0 aromatic heterocycles. The molecule has 0 bridgehead atoms. The van der Waals surface area contributed by atoms with Crippen LogP contribution in [0, 0.1) is 0 Å². The molecule has 1 aliphatic rings. The van der Waals surface area contributed by atoms with Gasteiger partial charge in [0.25, 0.3) is 0 Å². The van der Waals surface area contributed by atoms with Crippen LogP contribution in [0.25, 0.3) is 0 Å². The van der Waals surface area contributed by atoms with Crippen LogP contribution >= 0.6 is 23.4 Å². The van der Waals surface area contributed by atoms with Crippen molar-refractivity contribution in [2.45, 2.75) is 17.1 Å². The van der Waals surface area contributed by atoms with Gasteiger partial charge >= 0.3 is 6.03 Å². The summed E-state index contributed by atoms with van der Waals surface area (Å²) in [6, 6.07) is 15.1. The fourth-order valence-electron chi connectivity index (χ4n) is 2.33. The average Bonchev–Trinajstić information content (AvgIpc) is 2.48. The average molecular weight is 319 g/mol. The molecule has 0 unspecified atom stereocenters. The highest BCUT2D eigenvalue weighted by Gasteiger charge is 2.26. The molecule has 2 amide bonds. The minimum absolute atomic E-state index is 0.150. The lowest BCUT2D eigenvalue weighted by Gasteiger charge is -2.32. The van der Waals surface area contributed by atoms with Gasteiger partial charge in [-0.3, -0.25) is 4.90 Å². The lowest BCUT2D eigenvalue weighted by Crippen LogP contribution is -2.41. The Morgan fingerprint density at radius 2 is 1.95 bits per heavy atom. The third-order valence-corrected chi connectivity index (χ3v) is 4.76. The highest BCUT2D eigenvalue weighted by molar-refractivity contribution is 8.00. The van der Waals surface area contributed by atoms with Gasteiger partial charge < -0.3 is 5.32 Å². The molecule has 1 N–H and O–H groups in total. The van der Waals surface area contributed by atoms with Crippen LogP contribution in [0.5, 0.6) is 0 Å². The Bertz CT molecular complexity index is 677. The van der Waals surface area contributed by atoms with Crippen molar-refractivity contribution in [2.75, 3.05) is 16.8 Å². The third-order valence-electron chi connectivity index (χ3n) is 3.28. The van der Waals surface area contributed by atoms with Crippen LogP contribution in [0.15, 0.2) is 53.4 Å². The van der Waals surface area contributed by atoms with Crippen molar-refractivity contribution in [1.29, 1.82) is 0 Å². The van der Waals surface area contributed by atoms with Crippen molar-refractivity contribution in [3.8, 4) is 0 Å². The topological polar surface area (TPSA) is 32.3 Å². The number of anilines is 2. The van der Waals surface area contributed by atoms with E-state index < -0.39 is 0 Å². The monoisotopic (exact) mass is 318 g/mol. The van der Waals surface area contributed by atoms with E-state index in [9.17, 15) is 4.79 Å². The summed E-state index contributed by atoms with van der Waals surface area (Å²) in [7, 11) is 0. The second-order valence-corrected chi connectivity index (χ2v) is 6.80. The van der Waals surface area contributed by atoms with Crippen molar-refractivity contribution >= 4 is 40.8 Å². The number of rotatable bonds is 1. The van der Waals surface area contributed by atoms with E-state index in [-0.39, 0.29) is 6.03 Å². The van der Waals surface area contributed by atoms with E-state index in [1.165, 1.54) is 0 Å². The lowest BCUT2D eigenvalue weighted by molar-refractivity contribution is 0.256. The normalized spacial score (nSPS) is 17.2. The number of nitrogens with zero attached hydrogens (tertiary/aromatic N) is 1. The van der Waals surface area contributed by atoms with E-state index in [0.29, 0.717) is 22.5 Å². The van der Waals surface area contributed by atoms with Gasteiger partial charge in [-0.25, -0.2) is 4.79 Å². The highest BCUT2D eigenvalue weighted by Crippen LogP contribution is 2.38. The molecule has 3 rings (SSSR count). The van der Waals surface area contributed by atoms with E-state index in [0.717, 1.165) is 10.6 Å². The third kappa shape index (κ3) is 3.01. The van der Waals surface area contributed by atoms with Crippen molar-refractivity contribution in [3.63, 3.8) is 0 Å². The van der Waals surface area contributed by atoms with E-state index >= 15 is 0 Å². The van der Waals surface area contributed by atoms with E-state index in [4.69, 9.17) is 11.6 Å². The molecule has 2 aromatic carbocycles. The summed E-state index contributed by atoms with van der Waals surface area (Å²) in [6.45, 7) is 2.80. The molecule has 0 fully saturated rings. The van der Waals surface area contributed by atoms with Crippen LogP contribution in [-0.4, -0.2) is 17.8 Å². The lowest BCUT2D eigenvalue weighted by atomic mass is 10.2. The first-order valence-corrected chi connectivity index (χ1v) is 7.99. The molecule has 0 aliphatic carbocycles. The fourth-order valence-corrected chi connectivity index (χ4v) is 3.62. The summed E-state index contributed by atoms with van der Waals surface area (Å²) in [5, 5.41) is 3.79. The Labute approximate surface area is 133 Å². The van der Waals surface area contributed by atoms with Crippen LogP contribution in [0.3, 0.4) is 0 Å². The van der Waals surface area contributed by atoms with Gasteiger partial charge in [0.05, 0.1) is 16.4 Å². The van der Waals surface area contributed by atoms with Crippen molar-refractivity contribution < 1.29 is 4.79 Å². The molecule has 0 saturated heterocycles. The summed E-state index contributed by atoms with van der Waals surface area (Å²) < 4.78 is 0. The molecule has 3 nitrogen and oxygen atoms in total. The van der Waals surface area contributed by atoms with Crippen LogP contribution < -0.4 is 10.2 Å². The Morgan fingerprint density at radius 3 is 2.76 bits per heavy atom. The number of thioether (sulfide) groups is 1. The Kier molecular flexibility index (Phi) is 4.08. The summed E-state index contributed by atoms with van der Waals surface area (Å²) >= 11 is 7.89. The first kappa shape index (κ1) is 14.3. The number of para-hydroxylation sites is 2. The smallest absolute Gasteiger partial charge is 0.306 e. The SMILES string of the molecule is C[C@H]1CN(C(=O)Nc2ccccc2Cl)c2ccccc2S1. The minimum atomic E-state index is -0.150. The maximum Gasteiger partial charge on any atom is 0.326 e. The van der Waals surface area contributed by atoms with E-state index in [1.54, 1.807) is 28.8 Å². The van der Waals surface area contributed by atoms with E-state index in [1.807, 2.05) is 36.4 Å². The predicted molar refractivity (Wildman–Crippen MR) is 89.6 cm³/mol. The van der Waals surface area contributed by atoms with Gasteiger partial charge in [-0.15, -0.1) is 11.8 Å². The van der Waals surface area contributed by atoms with Gasteiger partial charge in [0.15, 0.2) is 0 Å². The number of hydrogen-bond acceptors (Lipinski definition) is 2. The molecular weight excluding hydrogens is 304 g/mol. The van der Waals surface area contributed by atoms with Gasteiger partial charge in [-0.05, 0) is 24.3 Å². The molecule has 2 aromatic rings. The second-order valence-electron chi connectivity index (χ2n) is 4.92. The molecule has 5 heteroatoms. The summed E-state index contributed by atoms with van der Waals surface area (Å²) in [6.07, 6.45) is 0. The number of halogens is 1. The molecular formula is C16H15ClN2OS. The second kappa shape index (κ2) is 6.00. The number of carbonyl (C=O) groups excluding carboxylic acids is 1. The summed E-state index contributed by atoms with van der Waals surface area (Å²) in [5.41, 5.74) is 1.58. The molecule has 108 valence electrons. The molecule has 1 heterocycles. The van der Waals surface area contributed by atoms with E-state index in [2.05, 4.69) is 12.2 Å². The van der Waals surface area contributed by atoms with Crippen molar-refractivity contribution in [2.24, 2.45) is 0 Å². The Hall–Kier alpha value is -1.65. The molecule has 0 saturated carbocycles. The Morgan fingerprint density at radius 1 is 1.24 bits per heavy atom. The number of fused-ring (bicyclic) bond motifs is 1. The van der Waals surface area contributed by atoms with Crippen molar-refractivity contribution in [3.05, 3.63) is 53.6 Å². The maximum absolute atomic E-state index is 12.6. The van der Waals surface area contributed by atoms with Crippen LogP contribution in [0.2, 0.25) is 5.02 Å². The number of benzene rings is 2. The zero-order valence-corrected chi connectivity index (χ0v) is 13.1. The number of carbonyl (C=O) groups is 1. The number of nitrogens with one attached hydrogen (secondary N) is 1. The van der Waals surface area contributed by atoms with Crippen LogP contribution in [0.4, 0.5) is 16.2 Å². The zero-order valence-electron chi connectivity index (χ0n) is 11.5.